The number of para-hydroxylation sites is 1. The maximum absolute atomic E-state index is 12.6. The molecule has 1 aliphatic rings. The number of hydrogen-bond donors (Lipinski definition) is 0. The van der Waals surface area contributed by atoms with Crippen molar-refractivity contribution in [2.75, 3.05) is 13.2 Å². The Morgan fingerprint density at radius 3 is 2.53 bits per heavy atom. The first-order valence-electron chi connectivity index (χ1n) is 6.29. The summed E-state index contributed by atoms with van der Waals surface area (Å²) in [5.74, 6) is -0.0350. The lowest BCUT2D eigenvalue weighted by atomic mass is 10.1. The van der Waals surface area contributed by atoms with E-state index in [0.29, 0.717) is 12.2 Å². The van der Waals surface area contributed by atoms with Gasteiger partial charge in [-0.05, 0) is 25.5 Å². The van der Waals surface area contributed by atoms with Crippen molar-refractivity contribution in [3.8, 4) is 5.75 Å². The van der Waals surface area contributed by atoms with E-state index in [0.717, 1.165) is 5.56 Å². The van der Waals surface area contributed by atoms with E-state index < -0.39 is 19.2 Å². The van der Waals surface area contributed by atoms with E-state index in [4.69, 9.17) is 13.8 Å². The summed E-state index contributed by atoms with van der Waals surface area (Å²) in [6.07, 6.45) is 0.312. The Morgan fingerprint density at radius 1 is 1.26 bits per heavy atom. The van der Waals surface area contributed by atoms with E-state index in [-0.39, 0.29) is 13.2 Å². The molecule has 104 valence electrons. The molecule has 19 heavy (non-hydrogen) atoms. The fourth-order valence-corrected chi connectivity index (χ4v) is 3.94. The highest BCUT2D eigenvalue weighted by atomic mass is 31.2. The molecular weight excluding hydrogens is 267 g/mol. The lowest BCUT2D eigenvalue weighted by Crippen LogP contribution is -2.33. The molecule has 0 bridgehead atoms. The van der Waals surface area contributed by atoms with Gasteiger partial charge in [-0.25, -0.2) is 0 Å². The van der Waals surface area contributed by atoms with Gasteiger partial charge in [0.2, 0.25) is 0 Å². The summed E-state index contributed by atoms with van der Waals surface area (Å²) in [7, 11) is -3.48. The topological polar surface area (TPSA) is 61.8 Å². The largest absolute Gasteiger partial charge is 0.426 e. The highest BCUT2D eigenvalue weighted by Crippen LogP contribution is 2.55. The molecule has 0 fully saturated rings. The molecule has 1 aromatic rings. The van der Waals surface area contributed by atoms with Crippen molar-refractivity contribution in [1.82, 2.24) is 0 Å². The molecular formula is C13H17O5P. The first-order chi connectivity index (χ1) is 9.10. The first kappa shape index (κ1) is 14.3. The molecule has 0 N–H and O–H groups in total. The number of ether oxygens (including phenoxy) is 1. The van der Waals surface area contributed by atoms with Gasteiger partial charge in [-0.15, -0.1) is 0 Å². The van der Waals surface area contributed by atoms with Crippen molar-refractivity contribution >= 4 is 13.6 Å². The van der Waals surface area contributed by atoms with Crippen LogP contribution in [0.15, 0.2) is 24.3 Å². The van der Waals surface area contributed by atoms with E-state index in [2.05, 4.69) is 0 Å². The fourth-order valence-electron chi connectivity index (χ4n) is 2.06. The van der Waals surface area contributed by atoms with Crippen LogP contribution in [-0.4, -0.2) is 24.8 Å². The zero-order valence-electron chi connectivity index (χ0n) is 11.0. The van der Waals surface area contributed by atoms with Gasteiger partial charge >= 0.3 is 13.6 Å². The van der Waals surface area contributed by atoms with Gasteiger partial charge in [0.25, 0.3) is 0 Å². The van der Waals surface area contributed by atoms with Gasteiger partial charge < -0.3 is 13.8 Å². The Hall–Kier alpha value is -1.16. The van der Waals surface area contributed by atoms with E-state index in [1.165, 1.54) is 0 Å². The SMILES string of the molecule is CCOP(=O)(OCC)C1Cc2ccccc2OC1=O. The Morgan fingerprint density at radius 2 is 1.89 bits per heavy atom. The predicted octanol–water partition coefficient (Wildman–Crippen LogP) is 2.78. The third-order valence-corrected chi connectivity index (χ3v) is 5.26. The van der Waals surface area contributed by atoms with Gasteiger partial charge in [-0.1, -0.05) is 18.2 Å². The van der Waals surface area contributed by atoms with Crippen LogP contribution in [0.1, 0.15) is 19.4 Å². The van der Waals surface area contributed by atoms with E-state index >= 15 is 0 Å². The number of carbonyl (C=O) groups is 1. The molecule has 5 nitrogen and oxygen atoms in total. The van der Waals surface area contributed by atoms with Crippen LogP contribution in [0.2, 0.25) is 0 Å². The third kappa shape index (κ3) is 2.89. The zero-order chi connectivity index (χ0) is 13.9. The maximum atomic E-state index is 12.6. The molecule has 0 saturated carbocycles. The van der Waals surface area contributed by atoms with Gasteiger partial charge in [0.15, 0.2) is 5.66 Å². The van der Waals surface area contributed by atoms with Crippen LogP contribution in [-0.2, 0) is 24.8 Å². The first-order valence-corrected chi connectivity index (χ1v) is 7.90. The summed E-state index contributed by atoms with van der Waals surface area (Å²) in [6, 6.07) is 7.20. The second-order valence-corrected chi connectivity index (χ2v) is 6.34. The van der Waals surface area contributed by atoms with Gasteiger partial charge in [0.05, 0.1) is 13.2 Å². The molecule has 2 rings (SSSR count). The monoisotopic (exact) mass is 284 g/mol. The number of fused-ring (bicyclic) bond motifs is 1. The molecule has 0 aliphatic carbocycles. The number of hydrogen-bond acceptors (Lipinski definition) is 5. The molecule has 0 amide bonds. The number of rotatable bonds is 5. The van der Waals surface area contributed by atoms with Crippen LogP contribution < -0.4 is 4.74 Å². The second-order valence-electron chi connectivity index (χ2n) is 4.12. The highest BCUT2D eigenvalue weighted by Gasteiger charge is 2.45. The highest BCUT2D eigenvalue weighted by molar-refractivity contribution is 7.55. The van der Waals surface area contributed by atoms with Crippen LogP contribution in [0.25, 0.3) is 0 Å². The van der Waals surface area contributed by atoms with Crippen LogP contribution >= 0.6 is 7.60 Å². The number of benzene rings is 1. The predicted molar refractivity (Wildman–Crippen MR) is 70.4 cm³/mol. The smallest absolute Gasteiger partial charge is 0.345 e. The summed E-state index contributed by atoms with van der Waals surface area (Å²) in [4.78, 5) is 12.0. The Bertz CT molecular complexity index is 504. The second kappa shape index (κ2) is 5.87. The molecule has 1 heterocycles. The van der Waals surface area contributed by atoms with Crippen molar-refractivity contribution in [1.29, 1.82) is 0 Å². The van der Waals surface area contributed by atoms with Gasteiger partial charge in [0, 0.05) is 6.42 Å². The molecule has 6 heteroatoms. The Kier molecular flexibility index (Phi) is 4.40. The summed E-state index contributed by atoms with van der Waals surface area (Å²) in [5, 5.41) is 0. The molecule has 0 aromatic heterocycles. The molecule has 0 spiro atoms. The number of carbonyl (C=O) groups excluding carboxylic acids is 1. The van der Waals surface area contributed by atoms with E-state index in [1.807, 2.05) is 12.1 Å². The summed E-state index contributed by atoms with van der Waals surface area (Å²) < 4.78 is 28.3. The molecule has 1 atom stereocenters. The van der Waals surface area contributed by atoms with Crippen LogP contribution in [0, 0.1) is 0 Å². The molecule has 1 aliphatic heterocycles. The molecule has 0 saturated heterocycles. The minimum absolute atomic E-state index is 0.225. The van der Waals surface area contributed by atoms with E-state index in [9.17, 15) is 9.36 Å². The van der Waals surface area contributed by atoms with Crippen molar-refractivity contribution in [3.63, 3.8) is 0 Å². The van der Waals surface area contributed by atoms with Crippen molar-refractivity contribution in [3.05, 3.63) is 29.8 Å². The normalized spacial score (nSPS) is 18.8. The summed E-state index contributed by atoms with van der Waals surface area (Å²) in [6.45, 7) is 3.88. The Balaban J connectivity index is 2.30. The fraction of sp³-hybridized carbons (Fsp3) is 0.462. The number of esters is 1. The molecule has 0 radical (unpaired) electrons. The average molecular weight is 284 g/mol. The quantitative estimate of drug-likeness (QED) is 0.472. The molecule has 1 aromatic carbocycles. The summed E-state index contributed by atoms with van der Waals surface area (Å²) >= 11 is 0. The zero-order valence-corrected chi connectivity index (χ0v) is 11.9. The Labute approximate surface area is 112 Å². The van der Waals surface area contributed by atoms with Crippen molar-refractivity contribution in [2.45, 2.75) is 25.9 Å². The van der Waals surface area contributed by atoms with E-state index in [1.54, 1.807) is 26.0 Å². The standard InChI is InChI=1S/C13H17O5P/c1-3-16-19(15,17-4-2)12-9-10-7-5-6-8-11(10)18-13(12)14/h5-8,12H,3-4,9H2,1-2H3. The van der Waals surface area contributed by atoms with Gasteiger partial charge in [-0.3, -0.25) is 9.36 Å². The van der Waals surface area contributed by atoms with Gasteiger partial charge in [-0.2, -0.15) is 0 Å². The lowest BCUT2D eigenvalue weighted by molar-refractivity contribution is -0.135. The average Bonchev–Trinajstić information content (AvgIpc) is 2.38. The third-order valence-electron chi connectivity index (χ3n) is 2.87. The van der Waals surface area contributed by atoms with Crippen molar-refractivity contribution < 1.29 is 23.1 Å². The minimum Gasteiger partial charge on any atom is -0.426 e. The van der Waals surface area contributed by atoms with Crippen molar-refractivity contribution in [2.24, 2.45) is 0 Å². The summed E-state index contributed by atoms with van der Waals surface area (Å²) in [5.41, 5.74) is -0.0472. The van der Waals surface area contributed by atoms with Crippen LogP contribution in [0.4, 0.5) is 0 Å². The lowest BCUT2D eigenvalue weighted by Gasteiger charge is -2.28. The van der Waals surface area contributed by atoms with Crippen LogP contribution in [0.3, 0.4) is 0 Å². The van der Waals surface area contributed by atoms with Crippen LogP contribution in [0.5, 0.6) is 5.75 Å². The van der Waals surface area contributed by atoms with Gasteiger partial charge in [0.1, 0.15) is 5.75 Å². The maximum Gasteiger partial charge on any atom is 0.345 e. The minimum atomic E-state index is -3.48. The molecule has 1 unspecified atom stereocenters.